The number of nitrogens with two attached hydrogens (primary N) is 1. The molecule has 7 nitrogen and oxygen atoms in total. The highest BCUT2D eigenvalue weighted by Crippen LogP contribution is 2.16. The summed E-state index contributed by atoms with van der Waals surface area (Å²) in [5.74, 6) is -0.809. The van der Waals surface area contributed by atoms with Crippen molar-refractivity contribution in [3.05, 3.63) is 17.8 Å². The minimum absolute atomic E-state index is 0.0125. The van der Waals surface area contributed by atoms with Crippen molar-refractivity contribution < 1.29 is 14.7 Å². The van der Waals surface area contributed by atoms with Crippen LogP contribution in [-0.2, 0) is 4.79 Å². The molecule has 0 aromatic carbocycles. The Hall–Kier alpha value is -2.31. The number of hydrogen-bond donors (Lipinski definition) is 4. The van der Waals surface area contributed by atoms with Gasteiger partial charge in [-0.15, -0.1) is 0 Å². The lowest BCUT2D eigenvalue weighted by Gasteiger charge is -2.13. The Morgan fingerprint density at radius 3 is 3.06 bits per heavy atom. The molecule has 1 aromatic heterocycles. The van der Waals surface area contributed by atoms with Gasteiger partial charge in [0.25, 0.3) is 0 Å². The van der Waals surface area contributed by atoms with E-state index in [0.717, 1.165) is 6.42 Å². The second-order valence-corrected chi connectivity index (χ2v) is 4.15. The van der Waals surface area contributed by atoms with Gasteiger partial charge in [0.05, 0.1) is 11.9 Å². The number of carbonyl (C=O) groups is 2. The summed E-state index contributed by atoms with van der Waals surface area (Å²) in [5.41, 5.74) is 5.82. The molecule has 1 unspecified atom stereocenters. The minimum atomic E-state index is -1.09. The van der Waals surface area contributed by atoms with Crippen LogP contribution >= 0.6 is 0 Å². The van der Waals surface area contributed by atoms with Crippen molar-refractivity contribution in [3.63, 3.8) is 0 Å². The molecule has 2 heterocycles. The Labute approximate surface area is 103 Å². The topological polar surface area (TPSA) is 117 Å². The zero-order valence-electron chi connectivity index (χ0n) is 9.64. The largest absolute Gasteiger partial charge is 0.478 e. The Bertz CT molecular complexity index is 489. The molecule has 1 saturated heterocycles. The van der Waals surface area contributed by atoms with Crippen LogP contribution in [0.2, 0.25) is 0 Å². The quantitative estimate of drug-likeness (QED) is 0.600. The predicted octanol–water partition coefficient (Wildman–Crippen LogP) is 0.0525. The summed E-state index contributed by atoms with van der Waals surface area (Å²) in [4.78, 5) is 26.0. The molecule has 1 aliphatic rings. The fourth-order valence-corrected chi connectivity index (χ4v) is 1.84. The van der Waals surface area contributed by atoms with Crippen molar-refractivity contribution in [2.45, 2.75) is 18.9 Å². The van der Waals surface area contributed by atoms with Crippen molar-refractivity contribution in [1.29, 1.82) is 0 Å². The zero-order valence-corrected chi connectivity index (χ0v) is 9.64. The average molecular weight is 250 g/mol. The molecule has 0 bridgehead atoms. The summed E-state index contributed by atoms with van der Waals surface area (Å²) in [6.07, 6.45) is 2.64. The Kier molecular flexibility index (Phi) is 3.31. The summed E-state index contributed by atoms with van der Waals surface area (Å²) in [6.45, 7) is 0.447. The lowest BCUT2D eigenvalue weighted by molar-refractivity contribution is -0.119. The van der Waals surface area contributed by atoms with E-state index < -0.39 is 5.97 Å². The highest BCUT2D eigenvalue weighted by atomic mass is 16.4. The van der Waals surface area contributed by atoms with E-state index in [0.29, 0.717) is 18.7 Å². The van der Waals surface area contributed by atoms with Gasteiger partial charge in [0.1, 0.15) is 11.4 Å². The molecule has 1 fully saturated rings. The summed E-state index contributed by atoms with van der Waals surface area (Å²) >= 11 is 0. The van der Waals surface area contributed by atoms with Crippen molar-refractivity contribution in [2.75, 3.05) is 17.6 Å². The first kappa shape index (κ1) is 12.2. The molecule has 1 aromatic rings. The average Bonchev–Trinajstić information content (AvgIpc) is 2.73. The zero-order chi connectivity index (χ0) is 13.1. The molecule has 5 N–H and O–H groups in total. The number of aromatic nitrogens is 1. The molecule has 2 rings (SSSR count). The summed E-state index contributed by atoms with van der Waals surface area (Å²) in [5, 5.41) is 14.7. The van der Waals surface area contributed by atoms with Gasteiger partial charge in [-0.3, -0.25) is 4.79 Å². The van der Waals surface area contributed by atoms with E-state index in [4.69, 9.17) is 10.8 Å². The third-order valence-electron chi connectivity index (χ3n) is 2.74. The van der Waals surface area contributed by atoms with E-state index >= 15 is 0 Å². The first-order valence-corrected chi connectivity index (χ1v) is 5.58. The van der Waals surface area contributed by atoms with Crippen LogP contribution in [0.1, 0.15) is 23.2 Å². The van der Waals surface area contributed by atoms with Gasteiger partial charge < -0.3 is 21.5 Å². The molecule has 7 heteroatoms. The van der Waals surface area contributed by atoms with E-state index in [1.54, 1.807) is 0 Å². The normalized spacial score (nSPS) is 18.4. The fourth-order valence-electron chi connectivity index (χ4n) is 1.84. The van der Waals surface area contributed by atoms with E-state index in [1.807, 2.05) is 0 Å². The summed E-state index contributed by atoms with van der Waals surface area (Å²) in [7, 11) is 0. The number of rotatable bonds is 4. The Balaban J connectivity index is 2.04. The van der Waals surface area contributed by atoms with Crippen LogP contribution in [0, 0.1) is 0 Å². The van der Waals surface area contributed by atoms with Gasteiger partial charge in [-0.1, -0.05) is 0 Å². The third-order valence-corrected chi connectivity index (χ3v) is 2.74. The van der Waals surface area contributed by atoms with Crippen molar-refractivity contribution in [3.8, 4) is 0 Å². The van der Waals surface area contributed by atoms with Gasteiger partial charge in [0, 0.05) is 19.0 Å². The number of nitrogen functional groups attached to an aromatic ring is 1. The molecule has 1 atom stereocenters. The highest BCUT2D eigenvalue weighted by molar-refractivity contribution is 5.94. The highest BCUT2D eigenvalue weighted by Gasteiger charge is 2.21. The number of carbonyl (C=O) groups excluding carboxylic acids is 1. The molecule has 0 radical (unpaired) electrons. The van der Waals surface area contributed by atoms with Crippen LogP contribution < -0.4 is 16.4 Å². The van der Waals surface area contributed by atoms with Crippen LogP contribution in [0.3, 0.4) is 0 Å². The first-order chi connectivity index (χ1) is 8.56. The summed E-state index contributed by atoms with van der Waals surface area (Å²) < 4.78 is 0. The lowest BCUT2D eigenvalue weighted by Crippen LogP contribution is -2.32. The molecule has 1 aliphatic heterocycles. The second kappa shape index (κ2) is 4.91. The van der Waals surface area contributed by atoms with Gasteiger partial charge in [-0.25, -0.2) is 9.78 Å². The molecule has 0 aliphatic carbocycles. The van der Waals surface area contributed by atoms with Crippen LogP contribution in [0.15, 0.2) is 12.3 Å². The summed E-state index contributed by atoms with van der Waals surface area (Å²) in [6, 6.07) is 1.36. The predicted molar refractivity (Wildman–Crippen MR) is 65.3 cm³/mol. The fraction of sp³-hybridized carbons (Fsp3) is 0.364. The van der Waals surface area contributed by atoms with E-state index in [9.17, 15) is 9.59 Å². The van der Waals surface area contributed by atoms with Crippen LogP contribution in [0.5, 0.6) is 0 Å². The van der Waals surface area contributed by atoms with E-state index in [1.165, 1.54) is 12.3 Å². The number of amides is 1. The SMILES string of the molecule is Nc1cnc(NCC2CCC(=O)N2)c(C(=O)O)c1. The van der Waals surface area contributed by atoms with Crippen molar-refractivity contribution in [2.24, 2.45) is 0 Å². The van der Waals surface area contributed by atoms with Crippen molar-refractivity contribution >= 4 is 23.4 Å². The number of nitrogens with zero attached hydrogens (tertiary/aromatic N) is 1. The first-order valence-electron chi connectivity index (χ1n) is 5.58. The molecule has 0 saturated carbocycles. The van der Waals surface area contributed by atoms with E-state index in [2.05, 4.69) is 15.6 Å². The number of pyridine rings is 1. The number of hydrogen-bond acceptors (Lipinski definition) is 5. The monoisotopic (exact) mass is 250 g/mol. The van der Waals surface area contributed by atoms with Gasteiger partial charge in [-0.2, -0.15) is 0 Å². The number of anilines is 2. The molecule has 1 amide bonds. The van der Waals surface area contributed by atoms with E-state index in [-0.39, 0.29) is 23.3 Å². The maximum absolute atomic E-state index is 11.0. The molecular weight excluding hydrogens is 236 g/mol. The number of aromatic carboxylic acids is 1. The van der Waals surface area contributed by atoms with Crippen molar-refractivity contribution in [1.82, 2.24) is 10.3 Å². The van der Waals surface area contributed by atoms with Crippen LogP contribution in [0.4, 0.5) is 11.5 Å². The molecule has 0 spiro atoms. The number of carboxylic acid groups (broad SMARTS) is 1. The lowest BCUT2D eigenvalue weighted by atomic mass is 10.2. The Morgan fingerprint density at radius 2 is 2.44 bits per heavy atom. The second-order valence-electron chi connectivity index (χ2n) is 4.15. The maximum atomic E-state index is 11.0. The molecular formula is C11H14N4O3. The standard InChI is InChI=1S/C11H14N4O3/c12-6-3-8(11(17)18)10(13-4-6)14-5-7-1-2-9(16)15-7/h3-4,7H,1-2,5,12H2,(H,13,14)(H,15,16)(H,17,18). The number of nitrogens with one attached hydrogen (secondary N) is 2. The molecule has 96 valence electrons. The van der Waals surface area contributed by atoms with Gasteiger partial charge in [0.2, 0.25) is 5.91 Å². The van der Waals surface area contributed by atoms with Gasteiger partial charge in [-0.05, 0) is 12.5 Å². The van der Waals surface area contributed by atoms with Gasteiger partial charge in [0.15, 0.2) is 0 Å². The van der Waals surface area contributed by atoms with Crippen LogP contribution in [-0.4, -0.2) is 34.6 Å². The molecule has 18 heavy (non-hydrogen) atoms. The Morgan fingerprint density at radius 1 is 1.67 bits per heavy atom. The smallest absolute Gasteiger partial charge is 0.339 e. The number of carboxylic acids is 1. The van der Waals surface area contributed by atoms with Crippen LogP contribution in [0.25, 0.3) is 0 Å². The maximum Gasteiger partial charge on any atom is 0.339 e. The van der Waals surface area contributed by atoms with Gasteiger partial charge >= 0.3 is 5.97 Å². The minimum Gasteiger partial charge on any atom is -0.478 e. The third kappa shape index (κ3) is 2.68.